The summed E-state index contributed by atoms with van der Waals surface area (Å²) in [5.41, 5.74) is 2.81. The molecular formula is C24H22N2O4. The Labute approximate surface area is 174 Å². The van der Waals surface area contributed by atoms with E-state index in [1.165, 1.54) is 7.11 Å². The summed E-state index contributed by atoms with van der Waals surface area (Å²) >= 11 is 0. The van der Waals surface area contributed by atoms with Crippen LogP contribution < -0.4 is 4.74 Å². The highest BCUT2D eigenvalue weighted by molar-refractivity contribution is 6.00. The number of carbonyl (C=O) groups excluding carboxylic acids is 1. The van der Waals surface area contributed by atoms with Gasteiger partial charge in [0.2, 0.25) is 5.76 Å². The van der Waals surface area contributed by atoms with Crippen LogP contribution in [-0.4, -0.2) is 30.5 Å². The van der Waals surface area contributed by atoms with Crippen LogP contribution in [0.2, 0.25) is 0 Å². The maximum absolute atomic E-state index is 11.6. The number of aromatic nitrogens is 1. The number of fused-ring (bicyclic) bond motifs is 1. The second kappa shape index (κ2) is 8.69. The number of nitrogens with zero attached hydrogens (tertiary/aromatic N) is 2. The van der Waals surface area contributed by atoms with Crippen molar-refractivity contribution in [1.82, 2.24) is 4.57 Å². The number of furan rings is 1. The van der Waals surface area contributed by atoms with Crippen molar-refractivity contribution < 1.29 is 18.7 Å². The highest BCUT2D eigenvalue weighted by atomic mass is 16.5. The molecule has 2 aromatic carbocycles. The molecule has 0 radical (unpaired) electrons. The Morgan fingerprint density at radius 3 is 2.73 bits per heavy atom. The van der Waals surface area contributed by atoms with Crippen molar-refractivity contribution >= 4 is 28.8 Å². The highest BCUT2D eigenvalue weighted by Gasteiger charge is 2.13. The van der Waals surface area contributed by atoms with Crippen molar-refractivity contribution in [2.75, 3.05) is 13.7 Å². The Morgan fingerprint density at radius 2 is 1.90 bits per heavy atom. The van der Waals surface area contributed by atoms with E-state index in [9.17, 15) is 4.79 Å². The number of hydrogen-bond acceptors (Lipinski definition) is 5. The molecule has 0 aliphatic carbocycles. The van der Waals surface area contributed by atoms with Gasteiger partial charge in [0.1, 0.15) is 17.2 Å². The van der Waals surface area contributed by atoms with Gasteiger partial charge >= 0.3 is 5.97 Å². The van der Waals surface area contributed by atoms with Gasteiger partial charge in [-0.2, -0.15) is 0 Å². The molecule has 6 heteroatoms. The van der Waals surface area contributed by atoms with Crippen molar-refractivity contribution in [3.05, 3.63) is 83.9 Å². The molecule has 0 amide bonds. The topological polar surface area (TPSA) is 66.0 Å². The normalized spacial score (nSPS) is 11.3. The highest BCUT2D eigenvalue weighted by Crippen LogP contribution is 2.28. The summed E-state index contributed by atoms with van der Waals surface area (Å²) in [6, 6.07) is 19.2. The van der Waals surface area contributed by atoms with Crippen LogP contribution in [0.1, 0.15) is 28.8 Å². The van der Waals surface area contributed by atoms with Gasteiger partial charge in [-0.1, -0.05) is 30.3 Å². The van der Waals surface area contributed by atoms with E-state index in [1.807, 2.05) is 61.8 Å². The molecule has 0 saturated heterocycles. The standard InChI is InChI=1S/C24H22N2O4/c1-3-29-22-11-7-5-9-20(22)25-14-17-15-26(21-10-6-4-8-19(17)21)16-18-12-13-23(30-18)24(27)28-2/h4-15H,3,16H2,1-2H3. The number of benzene rings is 2. The molecule has 0 bridgehead atoms. The SMILES string of the molecule is CCOc1ccccc1N=Cc1cn(Cc2ccc(C(=O)OC)o2)c2ccccc12. The van der Waals surface area contributed by atoms with E-state index < -0.39 is 5.97 Å². The molecule has 0 aliphatic rings. The first-order valence-electron chi connectivity index (χ1n) is 9.70. The van der Waals surface area contributed by atoms with Crippen molar-refractivity contribution in [2.45, 2.75) is 13.5 Å². The maximum Gasteiger partial charge on any atom is 0.373 e. The van der Waals surface area contributed by atoms with Crippen molar-refractivity contribution in [3.8, 4) is 5.75 Å². The number of carbonyl (C=O) groups is 1. The number of hydrogen-bond donors (Lipinski definition) is 0. The lowest BCUT2D eigenvalue weighted by Crippen LogP contribution is -1.99. The van der Waals surface area contributed by atoms with Gasteiger partial charge in [-0.3, -0.25) is 4.99 Å². The molecule has 2 aromatic heterocycles. The Bertz CT molecular complexity index is 1200. The Balaban J connectivity index is 1.66. The van der Waals surface area contributed by atoms with Gasteiger partial charge < -0.3 is 18.5 Å². The Hall–Kier alpha value is -3.80. The lowest BCUT2D eigenvalue weighted by Gasteiger charge is -2.05. The lowest BCUT2D eigenvalue weighted by atomic mass is 10.2. The van der Waals surface area contributed by atoms with Gasteiger partial charge in [0.05, 0.1) is 20.3 Å². The van der Waals surface area contributed by atoms with Crippen molar-refractivity contribution in [2.24, 2.45) is 4.99 Å². The third-order valence-corrected chi connectivity index (χ3v) is 4.70. The van der Waals surface area contributed by atoms with Crippen LogP contribution in [0.4, 0.5) is 5.69 Å². The fraction of sp³-hybridized carbons (Fsp3) is 0.167. The van der Waals surface area contributed by atoms with Crippen molar-refractivity contribution in [1.29, 1.82) is 0 Å². The summed E-state index contributed by atoms with van der Waals surface area (Å²) in [5, 5.41) is 1.08. The van der Waals surface area contributed by atoms with Crippen LogP contribution >= 0.6 is 0 Å². The molecule has 4 aromatic rings. The predicted octanol–water partition coefficient (Wildman–Crippen LogP) is 5.22. The third kappa shape index (κ3) is 3.98. The summed E-state index contributed by atoms with van der Waals surface area (Å²) in [5.74, 6) is 1.13. The second-order valence-electron chi connectivity index (χ2n) is 6.65. The third-order valence-electron chi connectivity index (χ3n) is 4.70. The van der Waals surface area contributed by atoms with Gasteiger partial charge in [0.15, 0.2) is 0 Å². The van der Waals surface area contributed by atoms with Crippen LogP contribution in [0.25, 0.3) is 10.9 Å². The molecule has 0 aliphatic heterocycles. The van der Waals surface area contributed by atoms with Gasteiger partial charge in [0.25, 0.3) is 0 Å². The minimum atomic E-state index is -0.487. The second-order valence-corrected chi connectivity index (χ2v) is 6.65. The minimum absolute atomic E-state index is 0.193. The number of aliphatic imine (C=N–C) groups is 1. The zero-order chi connectivity index (χ0) is 20.9. The Kier molecular flexibility index (Phi) is 5.66. The van der Waals surface area contributed by atoms with Crippen LogP contribution in [-0.2, 0) is 11.3 Å². The molecule has 30 heavy (non-hydrogen) atoms. The summed E-state index contributed by atoms with van der Waals surface area (Å²) in [4.78, 5) is 16.3. The molecule has 4 rings (SSSR count). The first-order chi connectivity index (χ1) is 14.7. The zero-order valence-corrected chi connectivity index (χ0v) is 16.9. The monoisotopic (exact) mass is 402 g/mol. The predicted molar refractivity (Wildman–Crippen MR) is 116 cm³/mol. The molecule has 0 saturated carbocycles. The maximum atomic E-state index is 11.6. The summed E-state index contributed by atoms with van der Waals surface area (Å²) in [6.07, 6.45) is 3.87. The summed E-state index contributed by atoms with van der Waals surface area (Å²) in [6.45, 7) is 3.03. The van der Waals surface area contributed by atoms with E-state index in [1.54, 1.807) is 12.1 Å². The molecule has 2 heterocycles. The van der Waals surface area contributed by atoms with Crippen molar-refractivity contribution in [3.63, 3.8) is 0 Å². The number of methoxy groups -OCH3 is 1. The summed E-state index contributed by atoms with van der Waals surface area (Å²) < 4.78 is 18.1. The van der Waals surface area contributed by atoms with Gasteiger partial charge in [0, 0.05) is 28.9 Å². The molecule has 6 nitrogen and oxygen atoms in total. The van der Waals surface area contributed by atoms with Gasteiger partial charge in [-0.05, 0) is 37.3 Å². The number of para-hydroxylation sites is 3. The number of rotatable bonds is 7. The first kappa shape index (κ1) is 19.5. The first-order valence-corrected chi connectivity index (χ1v) is 9.70. The van der Waals surface area contributed by atoms with Crippen LogP contribution in [0, 0.1) is 0 Å². The van der Waals surface area contributed by atoms with Crippen LogP contribution in [0.3, 0.4) is 0 Å². The van der Waals surface area contributed by atoms with E-state index in [-0.39, 0.29) is 5.76 Å². The average molecular weight is 402 g/mol. The lowest BCUT2D eigenvalue weighted by molar-refractivity contribution is 0.0563. The molecule has 152 valence electrons. The van der Waals surface area contributed by atoms with Gasteiger partial charge in [-0.15, -0.1) is 0 Å². The smallest absolute Gasteiger partial charge is 0.373 e. The number of esters is 1. The molecule has 0 atom stereocenters. The van der Waals surface area contributed by atoms with Gasteiger partial charge in [-0.25, -0.2) is 4.79 Å². The minimum Gasteiger partial charge on any atom is -0.492 e. The molecule has 0 N–H and O–H groups in total. The fourth-order valence-corrected chi connectivity index (χ4v) is 3.33. The van der Waals surface area contributed by atoms with E-state index in [4.69, 9.17) is 13.9 Å². The Morgan fingerprint density at radius 1 is 1.10 bits per heavy atom. The quantitative estimate of drug-likeness (QED) is 0.314. The summed E-state index contributed by atoms with van der Waals surface area (Å²) in [7, 11) is 1.33. The molecule has 0 spiro atoms. The van der Waals surface area contributed by atoms with Crippen LogP contribution in [0.15, 0.2) is 76.3 Å². The molecular weight excluding hydrogens is 380 g/mol. The molecule has 0 fully saturated rings. The van der Waals surface area contributed by atoms with Crippen LogP contribution in [0.5, 0.6) is 5.75 Å². The largest absolute Gasteiger partial charge is 0.492 e. The van der Waals surface area contributed by atoms with E-state index in [0.29, 0.717) is 18.9 Å². The zero-order valence-electron chi connectivity index (χ0n) is 16.9. The number of ether oxygens (including phenoxy) is 2. The van der Waals surface area contributed by atoms with E-state index in [2.05, 4.69) is 15.6 Å². The molecule has 0 unspecified atom stereocenters. The van der Waals surface area contributed by atoms with E-state index >= 15 is 0 Å². The fourth-order valence-electron chi connectivity index (χ4n) is 3.33. The van der Waals surface area contributed by atoms with E-state index in [0.717, 1.165) is 27.9 Å². The average Bonchev–Trinajstić information content (AvgIpc) is 3.38.